The van der Waals surface area contributed by atoms with E-state index in [9.17, 15) is 4.79 Å². The summed E-state index contributed by atoms with van der Waals surface area (Å²) in [4.78, 5) is 11.5. The van der Waals surface area contributed by atoms with Gasteiger partial charge in [0.1, 0.15) is 0 Å². The van der Waals surface area contributed by atoms with E-state index in [4.69, 9.17) is 0 Å². The molecule has 3 unspecified atom stereocenters. The largest absolute Gasteiger partial charge is 0.295 e. The molecule has 1 rings (SSSR count). The minimum Gasteiger partial charge on any atom is -0.295 e. The third-order valence-electron chi connectivity index (χ3n) is 2.78. The van der Waals surface area contributed by atoms with Crippen LogP contribution in [0.3, 0.4) is 0 Å². The van der Waals surface area contributed by atoms with Crippen LogP contribution in [-0.4, -0.2) is 11.2 Å². The molecule has 1 aliphatic rings. The Bertz CT molecular complexity index is 219. The van der Waals surface area contributed by atoms with Gasteiger partial charge in [0.25, 0.3) is 0 Å². The molecule has 0 aliphatic carbocycles. The van der Waals surface area contributed by atoms with Gasteiger partial charge in [-0.1, -0.05) is 41.5 Å². The average Bonchev–Trinajstić information content (AvgIpc) is 1.75. The van der Waals surface area contributed by atoms with E-state index >= 15 is 0 Å². The smallest absolute Gasteiger partial charge is 0.155 e. The lowest BCUT2D eigenvalue weighted by Gasteiger charge is -2.49. The van der Waals surface area contributed by atoms with Gasteiger partial charge in [-0.25, -0.2) is 0 Å². The first-order valence-corrected chi connectivity index (χ1v) is 6.02. The Morgan fingerprint density at radius 3 is 1.62 bits per heavy atom. The molecule has 0 aromatic rings. The van der Waals surface area contributed by atoms with Crippen LogP contribution >= 0.6 is 8.58 Å². The highest BCUT2D eigenvalue weighted by Crippen LogP contribution is 2.57. The third kappa shape index (κ3) is 2.13. The Balaban J connectivity index is 2.79. The summed E-state index contributed by atoms with van der Waals surface area (Å²) in [6, 6.07) is 0. The van der Waals surface area contributed by atoms with Crippen molar-refractivity contribution in [1.82, 2.24) is 0 Å². The van der Waals surface area contributed by atoms with E-state index in [0.717, 1.165) is 0 Å². The van der Waals surface area contributed by atoms with Crippen LogP contribution < -0.4 is 0 Å². The van der Waals surface area contributed by atoms with E-state index < -0.39 is 0 Å². The zero-order valence-electron chi connectivity index (χ0n) is 9.56. The van der Waals surface area contributed by atoms with Crippen molar-refractivity contribution < 1.29 is 4.79 Å². The maximum atomic E-state index is 11.5. The van der Waals surface area contributed by atoms with Gasteiger partial charge in [-0.2, -0.15) is 0 Å². The zero-order chi connectivity index (χ0) is 10.4. The second-order valence-electron chi connectivity index (χ2n) is 6.20. The van der Waals surface area contributed by atoms with Gasteiger partial charge in [0.15, 0.2) is 5.52 Å². The Kier molecular flexibility index (Phi) is 2.62. The Morgan fingerprint density at radius 2 is 1.46 bits per heavy atom. The van der Waals surface area contributed by atoms with E-state index in [0.29, 0.717) is 31.1 Å². The van der Waals surface area contributed by atoms with Crippen LogP contribution in [0.1, 0.15) is 41.5 Å². The average molecular weight is 200 g/mol. The molecular weight excluding hydrogens is 179 g/mol. The van der Waals surface area contributed by atoms with Crippen LogP contribution in [0.4, 0.5) is 0 Å². The molecule has 0 aromatic heterocycles. The lowest BCUT2D eigenvalue weighted by Crippen LogP contribution is -2.49. The molecule has 0 radical (unpaired) electrons. The van der Waals surface area contributed by atoms with Crippen molar-refractivity contribution in [3.8, 4) is 0 Å². The summed E-state index contributed by atoms with van der Waals surface area (Å²) in [5, 5.41) is 0. The molecule has 3 atom stereocenters. The maximum Gasteiger partial charge on any atom is 0.155 e. The van der Waals surface area contributed by atoms with Crippen molar-refractivity contribution in [2.24, 2.45) is 16.7 Å². The third-order valence-corrected chi connectivity index (χ3v) is 4.89. The normalized spacial score (nSPS) is 32.0. The summed E-state index contributed by atoms with van der Waals surface area (Å²) < 4.78 is 0. The Hall–Kier alpha value is 0.100. The van der Waals surface area contributed by atoms with Crippen LogP contribution in [0.2, 0.25) is 0 Å². The number of carbonyl (C=O) groups excluding carboxylic acids is 1. The molecule has 0 saturated carbocycles. The number of hydrogen-bond donors (Lipinski definition) is 0. The summed E-state index contributed by atoms with van der Waals surface area (Å²) in [6.07, 6.45) is 0. The van der Waals surface area contributed by atoms with Crippen LogP contribution in [0, 0.1) is 16.7 Å². The van der Waals surface area contributed by atoms with Gasteiger partial charge in [0.05, 0.1) is 0 Å². The van der Waals surface area contributed by atoms with E-state index in [1.807, 2.05) is 0 Å². The number of hydrogen-bond acceptors (Lipinski definition) is 1. The molecule has 0 N–H and O–H groups in total. The molecule has 0 bridgehead atoms. The quantitative estimate of drug-likeness (QED) is 0.548. The molecule has 2 heteroatoms. The predicted molar refractivity (Wildman–Crippen MR) is 59.5 cm³/mol. The first kappa shape index (κ1) is 11.2. The van der Waals surface area contributed by atoms with Crippen molar-refractivity contribution in [3.63, 3.8) is 0 Å². The molecule has 0 spiro atoms. The van der Waals surface area contributed by atoms with Crippen molar-refractivity contribution in [1.29, 1.82) is 0 Å². The number of carbonyl (C=O) groups is 1. The minimum absolute atomic E-state index is 0.153. The van der Waals surface area contributed by atoms with Crippen molar-refractivity contribution in [3.05, 3.63) is 0 Å². The minimum atomic E-state index is 0.153. The van der Waals surface area contributed by atoms with Crippen molar-refractivity contribution in [2.45, 2.75) is 47.2 Å². The predicted octanol–water partition coefficient (Wildman–Crippen LogP) is 3.28. The first-order chi connectivity index (χ1) is 5.64. The molecule has 0 aromatic carbocycles. The maximum absolute atomic E-state index is 11.5. The van der Waals surface area contributed by atoms with Crippen molar-refractivity contribution >= 4 is 14.1 Å². The first-order valence-electron chi connectivity index (χ1n) is 4.94. The monoisotopic (exact) mass is 200 g/mol. The molecule has 1 heterocycles. The van der Waals surface area contributed by atoms with Gasteiger partial charge in [0, 0.05) is 5.92 Å². The highest BCUT2D eigenvalue weighted by molar-refractivity contribution is 7.61. The SMILES string of the molecule is CC(C)(C)C1PC(=O)C1C(C)(C)C. The second-order valence-corrected chi connectivity index (χ2v) is 7.60. The fourth-order valence-corrected chi connectivity index (χ4v) is 4.05. The van der Waals surface area contributed by atoms with Crippen LogP contribution in [-0.2, 0) is 4.79 Å². The zero-order valence-corrected chi connectivity index (χ0v) is 10.6. The topological polar surface area (TPSA) is 17.1 Å². The summed E-state index contributed by atoms with van der Waals surface area (Å²) >= 11 is 0. The molecule has 1 fully saturated rings. The van der Waals surface area contributed by atoms with Gasteiger partial charge < -0.3 is 0 Å². The molecule has 1 nitrogen and oxygen atoms in total. The van der Waals surface area contributed by atoms with Gasteiger partial charge in [0.2, 0.25) is 0 Å². The highest BCUT2D eigenvalue weighted by atomic mass is 31.1. The number of rotatable bonds is 0. The van der Waals surface area contributed by atoms with Gasteiger partial charge in [-0.05, 0) is 25.1 Å². The van der Waals surface area contributed by atoms with E-state index in [2.05, 4.69) is 41.5 Å². The molecule has 76 valence electrons. The van der Waals surface area contributed by atoms with E-state index in [1.165, 1.54) is 0 Å². The lowest BCUT2D eigenvalue weighted by atomic mass is 9.71. The molecule has 1 aliphatic heterocycles. The molecule has 13 heavy (non-hydrogen) atoms. The molecule has 0 amide bonds. The lowest BCUT2D eigenvalue weighted by molar-refractivity contribution is -0.121. The van der Waals surface area contributed by atoms with Crippen LogP contribution in [0.25, 0.3) is 0 Å². The standard InChI is InChI=1S/C11H21OP/c1-10(2,3)7-8(11(4,5)6)13-9(7)12/h7-8,13H,1-6H3. The van der Waals surface area contributed by atoms with Crippen LogP contribution in [0.5, 0.6) is 0 Å². The molecular formula is C11H21OP. The van der Waals surface area contributed by atoms with Crippen molar-refractivity contribution in [2.75, 3.05) is 0 Å². The van der Waals surface area contributed by atoms with E-state index in [1.54, 1.807) is 0 Å². The fraction of sp³-hybridized carbons (Fsp3) is 0.909. The summed E-state index contributed by atoms with van der Waals surface area (Å²) in [5.74, 6) is 0.297. The summed E-state index contributed by atoms with van der Waals surface area (Å²) in [6.45, 7) is 13.3. The Morgan fingerprint density at radius 1 is 1.00 bits per heavy atom. The Labute approximate surface area is 83.5 Å². The van der Waals surface area contributed by atoms with Crippen LogP contribution in [0.15, 0.2) is 0 Å². The fourth-order valence-electron chi connectivity index (χ4n) is 1.99. The second kappa shape index (κ2) is 3.05. The van der Waals surface area contributed by atoms with Gasteiger partial charge in [-0.3, -0.25) is 4.79 Å². The van der Waals surface area contributed by atoms with E-state index in [-0.39, 0.29) is 5.41 Å². The van der Waals surface area contributed by atoms with Gasteiger partial charge in [-0.15, -0.1) is 0 Å². The van der Waals surface area contributed by atoms with Gasteiger partial charge >= 0.3 is 0 Å². The highest BCUT2D eigenvalue weighted by Gasteiger charge is 2.51. The summed E-state index contributed by atoms with van der Waals surface area (Å²) in [7, 11) is 0.552. The molecule has 1 saturated heterocycles. The summed E-state index contributed by atoms with van der Waals surface area (Å²) in [5.41, 5.74) is 1.55.